The molecule has 0 aliphatic carbocycles. The van der Waals surface area contributed by atoms with Gasteiger partial charge in [0.05, 0.1) is 17.6 Å². The Labute approximate surface area is 157 Å². The molecule has 3 rings (SSSR count). The van der Waals surface area contributed by atoms with Crippen LogP contribution in [-0.2, 0) is 16.6 Å². The van der Waals surface area contributed by atoms with E-state index in [1.807, 2.05) is 12.1 Å². The summed E-state index contributed by atoms with van der Waals surface area (Å²) in [6.45, 7) is 8.05. The summed E-state index contributed by atoms with van der Waals surface area (Å²) in [4.78, 5) is 23.0. The van der Waals surface area contributed by atoms with Crippen LogP contribution in [0.4, 0.5) is 11.4 Å². The molecule has 1 N–H and O–H groups in total. The van der Waals surface area contributed by atoms with Gasteiger partial charge in [0.1, 0.15) is 5.58 Å². The van der Waals surface area contributed by atoms with Crippen LogP contribution in [0.1, 0.15) is 37.5 Å². The molecule has 0 aliphatic rings. The van der Waals surface area contributed by atoms with Crippen LogP contribution in [0.25, 0.3) is 11.0 Å². The summed E-state index contributed by atoms with van der Waals surface area (Å²) in [5.41, 5.74) is 3.61. The summed E-state index contributed by atoms with van der Waals surface area (Å²) in [6, 6.07) is 10.7. The second-order valence-corrected chi connectivity index (χ2v) is 7.71. The van der Waals surface area contributed by atoms with E-state index in [-0.39, 0.29) is 23.4 Å². The van der Waals surface area contributed by atoms with Crippen molar-refractivity contribution in [3.63, 3.8) is 0 Å². The lowest BCUT2D eigenvalue weighted by Gasteiger charge is -2.18. The average Bonchev–Trinajstić information content (AvgIpc) is 2.97. The third kappa shape index (κ3) is 4.00. The maximum Gasteiger partial charge on any atom is 0.274 e. The standard InChI is InChI=1S/C21H22N2O4/c1-13-5-7-16(11-18(13)23(25)26)22-20(24)9-14-12-27-19-8-6-15(10-17(14)19)21(2,3)4/h5-8,10-12H,9H2,1-4H3,(H,22,24). The van der Waals surface area contributed by atoms with Crippen molar-refractivity contribution in [3.05, 3.63) is 69.5 Å². The second kappa shape index (κ2) is 6.87. The Morgan fingerprint density at radius 2 is 1.93 bits per heavy atom. The normalized spacial score (nSPS) is 11.6. The van der Waals surface area contributed by atoms with E-state index in [1.54, 1.807) is 25.3 Å². The van der Waals surface area contributed by atoms with Crippen molar-refractivity contribution in [1.29, 1.82) is 0 Å². The molecule has 0 unspecified atom stereocenters. The molecule has 6 heteroatoms. The van der Waals surface area contributed by atoms with Gasteiger partial charge in [-0.2, -0.15) is 0 Å². The van der Waals surface area contributed by atoms with Crippen LogP contribution in [0.3, 0.4) is 0 Å². The fourth-order valence-electron chi connectivity index (χ4n) is 2.95. The first-order valence-electron chi connectivity index (χ1n) is 8.70. The number of hydrogen-bond acceptors (Lipinski definition) is 4. The maximum atomic E-state index is 12.4. The Morgan fingerprint density at radius 3 is 2.59 bits per heavy atom. The molecule has 6 nitrogen and oxygen atoms in total. The number of nitro groups is 1. The summed E-state index contributed by atoms with van der Waals surface area (Å²) < 4.78 is 5.56. The van der Waals surface area contributed by atoms with E-state index < -0.39 is 4.92 Å². The van der Waals surface area contributed by atoms with Gasteiger partial charge in [-0.3, -0.25) is 14.9 Å². The minimum atomic E-state index is -0.456. The molecule has 0 aliphatic heterocycles. The van der Waals surface area contributed by atoms with Crippen molar-refractivity contribution in [3.8, 4) is 0 Å². The Bertz CT molecular complexity index is 1030. The molecule has 0 saturated carbocycles. The number of aryl methyl sites for hydroxylation is 1. The Balaban J connectivity index is 1.82. The number of nitrogens with zero attached hydrogens (tertiary/aromatic N) is 1. The zero-order valence-electron chi connectivity index (χ0n) is 15.8. The highest BCUT2D eigenvalue weighted by molar-refractivity contribution is 5.95. The number of benzene rings is 2. The second-order valence-electron chi connectivity index (χ2n) is 7.71. The zero-order chi connectivity index (χ0) is 19.8. The molecule has 1 heterocycles. The molecular formula is C21H22N2O4. The SMILES string of the molecule is Cc1ccc(NC(=O)Cc2coc3ccc(C(C)(C)C)cc23)cc1[N+](=O)[O-]. The maximum absolute atomic E-state index is 12.4. The molecule has 0 atom stereocenters. The van der Waals surface area contributed by atoms with Gasteiger partial charge < -0.3 is 9.73 Å². The van der Waals surface area contributed by atoms with Crippen molar-refractivity contribution < 1.29 is 14.1 Å². The lowest BCUT2D eigenvalue weighted by atomic mass is 9.86. The van der Waals surface area contributed by atoms with E-state index in [0.717, 1.165) is 22.1 Å². The smallest absolute Gasteiger partial charge is 0.274 e. The van der Waals surface area contributed by atoms with Crippen LogP contribution in [0.2, 0.25) is 0 Å². The van der Waals surface area contributed by atoms with Crippen LogP contribution < -0.4 is 5.32 Å². The predicted octanol–water partition coefficient (Wildman–Crippen LogP) is 5.13. The molecule has 1 aromatic heterocycles. The van der Waals surface area contributed by atoms with Crippen LogP contribution in [0, 0.1) is 17.0 Å². The number of hydrogen-bond donors (Lipinski definition) is 1. The van der Waals surface area contributed by atoms with E-state index in [0.29, 0.717) is 11.3 Å². The number of nitrogens with one attached hydrogen (secondary N) is 1. The van der Waals surface area contributed by atoms with E-state index in [4.69, 9.17) is 4.42 Å². The van der Waals surface area contributed by atoms with Crippen LogP contribution in [-0.4, -0.2) is 10.8 Å². The highest BCUT2D eigenvalue weighted by Crippen LogP contribution is 2.29. The summed E-state index contributed by atoms with van der Waals surface area (Å²) in [6.07, 6.45) is 1.72. The Kier molecular flexibility index (Phi) is 4.74. The highest BCUT2D eigenvalue weighted by Gasteiger charge is 2.18. The third-order valence-electron chi connectivity index (χ3n) is 4.56. The van der Waals surface area contributed by atoms with Crippen molar-refractivity contribution >= 4 is 28.3 Å². The number of amides is 1. The number of carbonyl (C=O) groups excluding carboxylic acids is 1. The summed E-state index contributed by atoms with van der Waals surface area (Å²) in [5.74, 6) is -0.253. The lowest BCUT2D eigenvalue weighted by molar-refractivity contribution is -0.385. The zero-order valence-corrected chi connectivity index (χ0v) is 15.8. The van der Waals surface area contributed by atoms with Crippen LogP contribution in [0.5, 0.6) is 0 Å². The van der Waals surface area contributed by atoms with E-state index in [2.05, 4.69) is 32.2 Å². The van der Waals surface area contributed by atoms with Gasteiger partial charge in [-0.05, 0) is 36.1 Å². The van der Waals surface area contributed by atoms with Crippen molar-refractivity contribution in [2.24, 2.45) is 0 Å². The van der Waals surface area contributed by atoms with Crippen molar-refractivity contribution in [2.45, 2.75) is 39.5 Å². The van der Waals surface area contributed by atoms with Crippen LogP contribution in [0.15, 0.2) is 47.1 Å². The van der Waals surface area contributed by atoms with Crippen molar-refractivity contribution in [2.75, 3.05) is 5.32 Å². The monoisotopic (exact) mass is 366 g/mol. The van der Waals surface area contributed by atoms with Gasteiger partial charge in [-0.1, -0.05) is 32.9 Å². The van der Waals surface area contributed by atoms with Gasteiger partial charge >= 0.3 is 0 Å². The average molecular weight is 366 g/mol. The first-order chi connectivity index (χ1) is 12.6. The molecule has 27 heavy (non-hydrogen) atoms. The first kappa shape index (κ1) is 18.6. The quantitative estimate of drug-likeness (QED) is 0.512. The number of rotatable bonds is 4. The highest BCUT2D eigenvalue weighted by atomic mass is 16.6. The number of anilines is 1. The fourth-order valence-corrected chi connectivity index (χ4v) is 2.95. The number of carbonyl (C=O) groups is 1. The molecular weight excluding hydrogens is 344 g/mol. The fraction of sp³-hybridized carbons (Fsp3) is 0.286. The van der Waals surface area contributed by atoms with Gasteiger partial charge in [-0.25, -0.2) is 0 Å². The Hall–Kier alpha value is -3.15. The molecule has 0 radical (unpaired) electrons. The predicted molar refractivity (Wildman–Crippen MR) is 105 cm³/mol. The van der Waals surface area contributed by atoms with Gasteiger partial charge in [0.15, 0.2) is 0 Å². The molecule has 140 valence electrons. The molecule has 0 spiro atoms. The summed E-state index contributed by atoms with van der Waals surface area (Å²) in [5, 5.41) is 14.7. The molecule has 1 amide bonds. The van der Waals surface area contributed by atoms with Gasteiger partial charge in [-0.15, -0.1) is 0 Å². The van der Waals surface area contributed by atoms with E-state index >= 15 is 0 Å². The van der Waals surface area contributed by atoms with E-state index in [9.17, 15) is 14.9 Å². The van der Waals surface area contributed by atoms with Gasteiger partial charge in [0.2, 0.25) is 5.91 Å². The largest absolute Gasteiger partial charge is 0.464 e. The van der Waals surface area contributed by atoms with Crippen molar-refractivity contribution in [1.82, 2.24) is 0 Å². The molecule has 2 aromatic carbocycles. The minimum absolute atomic E-state index is 0.00811. The molecule has 0 saturated heterocycles. The lowest BCUT2D eigenvalue weighted by Crippen LogP contribution is -2.14. The van der Waals surface area contributed by atoms with E-state index in [1.165, 1.54) is 6.07 Å². The number of furan rings is 1. The minimum Gasteiger partial charge on any atom is -0.464 e. The first-order valence-corrected chi connectivity index (χ1v) is 8.70. The van der Waals surface area contributed by atoms with Crippen LogP contribution >= 0.6 is 0 Å². The molecule has 0 bridgehead atoms. The summed E-state index contributed by atoms with van der Waals surface area (Å²) >= 11 is 0. The van der Waals surface area contributed by atoms with Gasteiger partial charge in [0.25, 0.3) is 5.69 Å². The number of nitro benzene ring substituents is 1. The topological polar surface area (TPSA) is 85.4 Å². The molecule has 3 aromatic rings. The van der Waals surface area contributed by atoms with Gasteiger partial charge in [0, 0.05) is 28.3 Å². The third-order valence-corrected chi connectivity index (χ3v) is 4.56. The Morgan fingerprint density at radius 1 is 1.19 bits per heavy atom. The summed E-state index contributed by atoms with van der Waals surface area (Å²) in [7, 11) is 0. The molecule has 0 fully saturated rings. The number of fused-ring (bicyclic) bond motifs is 1.